The molecule has 0 spiro atoms. The van der Waals surface area contributed by atoms with Crippen LogP contribution < -0.4 is 5.32 Å². The largest absolute Gasteiger partial charge is 0.480 e. The van der Waals surface area contributed by atoms with Crippen molar-refractivity contribution >= 4 is 20.4 Å². The Labute approximate surface area is 245 Å². The van der Waals surface area contributed by atoms with Gasteiger partial charge < -0.3 is 24.4 Å². The first-order chi connectivity index (χ1) is 19.8. The van der Waals surface area contributed by atoms with Crippen LogP contribution in [0.15, 0.2) is 84.9 Å². The molecule has 0 aromatic heterocycles. The predicted molar refractivity (Wildman–Crippen MR) is 166 cm³/mol. The van der Waals surface area contributed by atoms with Gasteiger partial charge in [-0.2, -0.15) is 0 Å². The SMILES string of the molecule is CCOP(CCN(CC(C)C)C(=O)N[C@H](C(=O)O)C(Cc1ccccc1)c1ccc(-c2ccccc2)cc1)OCC. The van der Waals surface area contributed by atoms with Crippen molar-refractivity contribution in [2.24, 2.45) is 5.92 Å². The summed E-state index contributed by atoms with van der Waals surface area (Å²) in [5.74, 6) is -1.34. The maximum Gasteiger partial charge on any atom is 0.326 e. The normalized spacial score (nSPS) is 12.7. The van der Waals surface area contributed by atoms with E-state index in [4.69, 9.17) is 9.05 Å². The number of hydrogen-bond donors (Lipinski definition) is 2. The van der Waals surface area contributed by atoms with Crippen molar-refractivity contribution in [3.8, 4) is 11.1 Å². The van der Waals surface area contributed by atoms with E-state index in [1.807, 2.05) is 113 Å². The third-order valence-electron chi connectivity index (χ3n) is 6.66. The van der Waals surface area contributed by atoms with Gasteiger partial charge in [0.15, 0.2) is 8.38 Å². The monoisotopic (exact) mass is 578 g/mol. The van der Waals surface area contributed by atoms with Crippen LogP contribution in [0.3, 0.4) is 0 Å². The number of carboxylic acid groups (broad SMARTS) is 1. The van der Waals surface area contributed by atoms with Gasteiger partial charge in [0.2, 0.25) is 0 Å². The molecule has 0 aliphatic carbocycles. The lowest BCUT2D eigenvalue weighted by Gasteiger charge is -2.31. The van der Waals surface area contributed by atoms with Gasteiger partial charge in [0.1, 0.15) is 6.04 Å². The second kappa shape index (κ2) is 16.9. The van der Waals surface area contributed by atoms with Gasteiger partial charge in [-0.05, 0) is 48.4 Å². The van der Waals surface area contributed by atoms with E-state index in [1.165, 1.54) is 0 Å². The Morgan fingerprint density at radius 2 is 1.41 bits per heavy atom. The Balaban J connectivity index is 1.88. The van der Waals surface area contributed by atoms with Crippen LogP contribution in [0.4, 0.5) is 4.79 Å². The number of carbonyl (C=O) groups is 2. The molecule has 0 bridgehead atoms. The van der Waals surface area contributed by atoms with Crippen LogP contribution in [-0.4, -0.2) is 60.5 Å². The van der Waals surface area contributed by atoms with Crippen LogP contribution in [0.5, 0.6) is 0 Å². The molecule has 3 rings (SSSR count). The minimum atomic E-state index is -1.12. The Morgan fingerprint density at radius 3 is 1.95 bits per heavy atom. The molecule has 2 N–H and O–H groups in total. The number of urea groups is 1. The number of rotatable bonds is 16. The minimum absolute atomic E-state index is 0.208. The van der Waals surface area contributed by atoms with Gasteiger partial charge in [0, 0.05) is 25.2 Å². The van der Waals surface area contributed by atoms with Crippen LogP contribution in [-0.2, 0) is 20.3 Å². The molecule has 0 heterocycles. The van der Waals surface area contributed by atoms with E-state index >= 15 is 0 Å². The molecule has 0 radical (unpaired) electrons. The van der Waals surface area contributed by atoms with E-state index in [0.29, 0.717) is 38.9 Å². The molecule has 0 aliphatic heterocycles. The molecule has 2 atom stereocenters. The van der Waals surface area contributed by atoms with E-state index in [-0.39, 0.29) is 5.92 Å². The first-order valence-electron chi connectivity index (χ1n) is 14.3. The van der Waals surface area contributed by atoms with Crippen LogP contribution in [0, 0.1) is 5.92 Å². The molecule has 0 saturated heterocycles. The quantitative estimate of drug-likeness (QED) is 0.176. The molecular formula is C33H43N2O5P. The summed E-state index contributed by atoms with van der Waals surface area (Å²) in [6.45, 7) is 9.89. The smallest absolute Gasteiger partial charge is 0.326 e. The van der Waals surface area contributed by atoms with Crippen LogP contribution in [0.25, 0.3) is 11.1 Å². The number of hydrogen-bond acceptors (Lipinski definition) is 4. The molecule has 0 saturated carbocycles. The molecule has 7 nitrogen and oxygen atoms in total. The third-order valence-corrected chi connectivity index (χ3v) is 8.32. The van der Waals surface area contributed by atoms with Crippen LogP contribution in [0.1, 0.15) is 44.7 Å². The average molecular weight is 579 g/mol. The molecule has 8 heteroatoms. The zero-order valence-corrected chi connectivity index (χ0v) is 25.4. The van der Waals surface area contributed by atoms with E-state index in [1.54, 1.807) is 4.90 Å². The highest BCUT2D eigenvalue weighted by molar-refractivity contribution is 7.47. The van der Waals surface area contributed by atoms with E-state index in [2.05, 4.69) is 5.32 Å². The van der Waals surface area contributed by atoms with Gasteiger partial charge in [-0.15, -0.1) is 0 Å². The molecule has 3 aromatic rings. The van der Waals surface area contributed by atoms with Crippen molar-refractivity contribution in [3.05, 3.63) is 96.1 Å². The lowest BCUT2D eigenvalue weighted by molar-refractivity contribution is -0.139. The summed E-state index contributed by atoms with van der Waals surface area (Å²) in [5.41, 5.74) is 3.99. The van der Waals surface area contributed by atoms with Gasteiger partial charge in [0.05, 0.1) is 13.2 Å². The fourth-order valence-electron chi connectivity index (χ4n) is 4.78. The second-order valence-electron chi connectivity index (χ2n) is 10.3. The van der Waals surface area contributed by atoms with Gasteiger partial charge in [-0.3, -0.25) is 0 Å². The van der Waals surface area contributed by atoms with Crippen molar-refractivity contribution in [1.82, 2.24) is 10.2 Å². The highest BCUT2D eigenvalue weighted by atomic mass is 31.2. The standard InChI is InChI=1S/C33H43N2O5P/c1-5-39-41(40-6-2)22-21-35(24-25(3)4)33(38)34-31(32(36)37)30(23-26-13-9-7-10-14-26)29-19-17-28(18-20-29)27-15-11-8-12-16-27/h7-20,25,30-31H,5-6,21-24H2,1-4H3,(H,34,38)(H,36,37)/t30?,31-/m0/s1. The summed E-state index contributed by atoms with van der Waals surface area (Å²) in [6, 6.07) is 26.3. The summed E-state index contributed by atoms with van der Waals surface area (Å²) in [7, 11) is -1.12. The van der Waals surface area contributed by atoms with Crippen LogP contribution in [0.2, 0.25) is 0 Å². The molecule has 2 amide bonds. The van der Waals surface area contributed by atoms with E-state index in [9.17, 15) is 14.7 Å². The first-order valence-corrected chi connectivity index (χ1v) is 15.7. The summed E-state index contributed by atoms with van der Waals surface area (Å²) in [5, 5.41) is 13.3. The highest BCUT2D eigenvalue weighted by Gasteiger charge is 2.33. The van der Waals surface area contributed by atoms with Crippen molar-refractivity contribution < 1.29 is 23.7 Å². The van der Waals surface area contributed by atoms with Crippen molar-refractivity contribution in [3.63, 3.8) is 0 Å². The molecule has 220 valence electrons. The molecule has 0 fully saturated rings. The van der Waals surface area contributed by atoms with Crippen LogP contribution >= 0.6 is 8.38 Å². The fourth-order valence-corrected chi connectivity index (χ4v) is 6.09. The Bertz CT molecular complexity index is 1190. The third kappa shape index (κ3) is 10.3. The molecule has 41 heavy (non-hydrogen) atoms. The lowest BCUT2D eigenvalue weighted by atomic mass is 9.85. The number of carboxylic acids is 1. The van der Waals surface area contributed by atoms with E-state index in [0.717, 1.165) is 22.3 Å². The second-order valence-corrected chi connectivity index (χ2v) is 11.9. The molecule has 3 aromatic carbocycles. The summed E-state index contributed by atoms with van der Waals surface area (Å²) >= 11 is 0. The van der Waals surface area contributed by atoms with Gasteiger partial charge in [-0.25, -0.2) is 9.59 Å². The van der Waals surface area contributed by atoms with Gasteiger partial charge in [-0.1, -0.05) is 98.8 Å². The first kappa shape index (κ1) is 32.3. The minimum Gasteiger partial charge on any atom is -0.480 e. The van der Waals surface area contributed by atoms with Gasteiger partial charge >= 0.3 is 12.0 Å². The number of nitrogens with one attached hydrogen (secondary N) is 1. The summed E-state index contributed by atoms with van der Waals surface area (Å²) in [6.07, 6.45) is 1.02. The average Bonchev–Trinajstić information content (AvgIpc) is 2.98. The van der Waals surface area contributed by atoms with Crippen molar-refractivity contribution in [1.29, 1.82) is 0 Å². The summed E-state index contributed by atoms with van der Waals surface area (Å²) < 4.78 is 11.5. The number of amides is 2. The Morgan fingerprint density at radius 1 is 0.854 bits per heavy atom. The zero-order chi connectivity index (χ0) is 29.6. The fraction of sp³-hybridized carbons (Fsp3) is 0.394. The van der Waals surface area contributed by atoms with Crippen molar-refractivity contribution in [2.75, 3.05) is 32.5 Å². The lowest BCUT2D eigenvalue weighted by Crippen LogP contribution is -2.52. The maximum absolute atomic E-state index is 13.6. The number of nitrogens with zero attached hydrogens (tertiary/aromatic N) is 1. The molecular weight excluding hydrogens is 535 g/mol. The number of benzene rings is 3. The number of carbonyl (C=O) groups excluding carboxylic acids is 1. The van der Waals surface area contributed by atoms with Gasteiger partial charge in [0.25, 0.3) is 0 Å². The maximum atomic E-state index is 13.6. The highest BCUT2D eigenvalue weighted by Crippen LogP contribution is 2.37. The molecule has 0 aliphatic rings. The predicted octanol–water partition coefficient (Wildman–Crippen LogP) is 7.19. The zero-order valence-electron chi connectivity index (χ0n) is 24.5. The Kier molecular flexibility index (Phi) is 13.3. The topological polar surface area (TPSA) is 88.1 Å². The molecule has 1 unspecified atom stereocenters. The van der Waals surface area contributed by atoms with E-state index < -0.39 is 32.3 Å². The Hall–Kier alpha value is -3.25. The number of aliphatic carboxylic acids is 1. The summed E-state index contributed by atoms with van der Waals surface area (Å²) in [4.78, 5) is 28.1. The van der Waals surface area contributed by atoms with Crippen molar-refractivity contribution in [2.45, 2.75) is 46.1 Å².